The highest BCUT2D eigenvalue weighted by Crippen LogP contribution is 2.21. The number of benzene rings is 1. The molecule has 0 atom stereocenters. The molecule has 3 aromatic rings. The Morgan fingerprint density at radius 3 is 2.28 bits per heavy atom. The molecule has 1 aliphatic heterocycles. The Morgan fingerprint density at radius 1 is 1.00 bits per heavy atom. The largest absolute Gasteiger partial charge is 0.360 e. The van der Waals surface area contributed by atoms with Crippen molar-refractivity contribution in [1.29, 1.82) is 0 Å². The molecule has 168 valence electrons. The third-order valence-corrected chi connectivity index (χ3v) is 6.21. The summed E-state index contributed by atoms with van der Waals surface area (Å²) < 4.78 is 7.15. The summed E-state index contributed by atoms with van der Waals surface area (Å²) >= 11 is 0. The zero-order valence-electron chi connectivity index (χ0n) is 19.2. The molecule has 1 aromatic carbocycles. The van der Waals surface area contributed by atoms with Crippen LogP contribution in [0.15, 0.2) is 40.9 Å². The van der Waals surface area contributed by atoms with Gasteiger partial charge in [0.05, 0.1) is 6.54 Å². The van der Waals surface area contributed by atoms with Crippen molar-refractivity contribution in [1.82, 2.24) is 19.5 Å². The number of nitrogens with zero attached hydrogens (tertiary/aromatic N) is 4. The molecule has 4 rings (SSSR count). The van der Waals surface area contributed by atoms with Gasteiger partial charge in [-0.2, -0.15) is 0 Å². The average Bonchev–Trinajstić information content (AvgIpc) is 3.35. The predicted octanol–water partition coefficient (Wildman–Crippen LogP) is 3.59. The van der Waals surface area contributed by atoms with Crippen molar-refractivity contribution in [3.63, 3.8) is 0 Å². The normalized spacial score (nSPS) is 14.7. The fourth-order valence-electron chi connectivity index (χ4n) is 4.32. The summed E-state index contributed by atoms with van der Waals surface area (Å²) in [6.45, 7) is 10.8. The fourth-order valence-corrected chi connectivity index (χ4v) is 4.32. The topological polar surface area (TPSA) is 71.6 Å². The lowest BCUT2D eigenvalue weighted by molar-refractivity contribution is 0.0624. The number of carbonyl (C=O) groups is 2. The van der Waals surface area contributed by atoms with Crippen molar-refractivity contribution in [3.8, 4) is 5.82 Å². The SMILES string of the molecule is CCc1ccc(C(=O)N2CCN(CC(=O)c3cc(C)n(-c4cc(C)on4)c3C)CC2)cc1. The van der Waals surface area contributed by atoms with Gasteiger partial charge in [0.1, 0.15) is 5.76 Å². The minimum absolute atomic E-state index is 0.0603. The maximum absolute atomic E-state index is 13.1. The van der Waals surface area contributed by atoms with Gasteiger partial charge in [-0.15, -0.1) is 0 Å². The maximum atomic E-state index is 13.1. The molecule has 0 radical (unpaired) electrons. The number of aromatic nitrogens is 2. The summed E-state index contributed by atoms with van der Waals surface area (Å²) in [6, 6.07) is 11.6. The number of carbonyl (C=O) groups excluding carboxylic acids is 2. The highest BCUT2D eigenvalue weighted by molar-refractivity contribution is 5.99. The summed E-state index contributed by atoms with van der Waals surface area (Å²) in [5.74, 6) is 1.56. The Morgan fingerprint density at radius 2 is 1.69 bits per heavy atom. The van der Waals surface area contributed by atoms with Crippen LogP contribution in [-0.4, -0.2) is 63.9 Å². The van der Waals surface area contributed by atoms with Crippen LogP contribution in [0.4, 0.5) is 0 Å². The Bertz CT molecular complexity index is 1120. The van der Waals surface area contributed by atoms with E-state index in [2.05, 4.69) is 17.0 Å². The number of aryl methyl sites for hydroxylation is 3. The first-order valence-corrected chi connectivity index (χ1v) is 11.1. The molecule has 7 nitrogen and oxygen atoms in total. The second kappa shape index (κ2) is 9.12. The lowest BCUT2D eigenvalue weighted by Crippen LogP contribution is -2.49. The smallest absolute Gasteiger partial charge is 0.253 e. The van der Waals surface area contributed by atoms with E-state index in [9.17, 15) is 9.59 Å². The zero-order chi connectivity index (χ0) is 22.8. The molecule has 32 heavy (non-hydrogen) atoms. The molecule has 2 aromatic heterocycles. The minimum Gasteiger partial charge on any atom is -0.360 e. The van der Waals surface area contributed by atoms with Gasteiger partial charge in [0.15, 0.2) is 11.6 Å². The second-order valence-corrected chi connectivity index (χ2v) is 8.46. The van der Waals surface area contributed by atoms with Crippen LogP contribution in [0.2, 0.25) is 0 Å². The lowest BCUT2D eigenvalue weighted by Gasteiger charge is -2.34. The summed E-state index contributed by atoms with van der Waals surface area (Å²) in [5, 5.41) is 4.08. The molecule has 7 heteroatoms. The van der Waals surface area contributed by atoms with Crippen LogP contribution in [0.1, 0.15) is 50.4 Å². The van der Waals surface area contributed by atoms with Gasteiger partial charge >= 0.3 is 0 Å². The van der Waals surface area contributed by atoms with Crippen LogP contribution >= 0.6 is 0 Å². The maximum Gasteiger partial charge on any atom is 0.253 e. The molecule has 1 fully saturated rings. The number of rotatable bonds is 6. The number of ketones is 1. The molecule has 0 unspecified atom stereocenters. The van der Waals surface area contributed by atoms with Gasteiger partial charge in [-0.3, -0.25) is 19.1 Å². The summed E-state index contributed by atoms with van der Waals surface area (Å²) in [5.41, 5.74) is 4.47. The monoisotopic (exact) mass is 434 g/mol. The van der Waals surface area contributed by atoms with Crippen molar-refractivity contribution in [2.75, 3.05) is 32.7 Å². The van der Waals surface area contributed by atoms with Gasteiger partial charge < -0.3 is 9.42 Å². The van der Waals surface area contributed by atoms with Crippen molar-refractivity contribution in [3.05, 3.63) is 70.2 Å². The fraction of sp³-hybridized carbons (Fsp3) is 0.400. The third kappa shape index (κ3) is 4.39. The van der Waals surface area contributed by atoms with Crippen LogP contribution in [0.25, 0.3) is 5.82 Å². The van der Waals surface area contributed by atoms with Crippen molar-refractivity contribution < 1.29 is 14.1 Å². The van der Waals surface area contributed by atoms with E-state index in [1.54, 1.807) is 0 Å². The predicted molar refractivity (Wildman–Crippen MR) is 123 cm³/mol. The number of hydrogen-bond acceptors (Lipinski definition) is 5. The van der Waals surface area contributed by atoms with E-state index in [1.807, 2.05) is 66.6 Å². The van der Waals surface area contributed by atoms with E-state index < -0.39 is 0 Å². The van der Waals surface area contributed by atoms with E-state index in [0.717, 1.165) is 29.1 Å². The molecule has 3 heterocycles. The Kier molecular flexibility index (Phi) is 6.28. The Labute approximate surface area is 188 Å². The van der Waals surface area contributed by atoms with Gasteiger partial charge in [0.25, 0.3) is 5.91 Å². The van der Waals surface area contributed by atoms with Crippen LogP contribution in [-0.2, 0) is 6.42 Å². The summed E-state index contributed by atoms with van der Waals surface area (Å²) in [6.07, 6.45) is 0.960. The molecule has 1 amide bonds. The molecule has 0 saturated carbocycles. The molecule has 1 saturated heterocycles. The van der Waals surface area contributed by atoms with Crippen molar-refractivity contribution in [2.45, 2.75) is 34.1 Å². The van der Waals surface area contributed by atoms with E-state index in [4.69, 9.17) is 4.52 Å². The zero-order valence-corrected chi connectivity index (χ0v) is 19.2. The summed E-state index contributed by atoms with van der Waals surface area (Å²) in [7, 11) is 0. The Hall–Kier alpha value is -3.19. The van der Waals surface area contributed by atoms with Crippen molar-refractivity contribution in [2.24, 2.45) is 0 Å². The molecule has 0 spiro atoms. The van der Waals surface area contributed by atoms with Gasteiger partial charge in [-0.25, -0.2) is 0 Å². The Balaban J connectivity index is 1.37. The highest BCUT2D eigenvalue weighted by Gasteiger charge is 2.25. The molecule has 0 bridgehead atoms. The lowest BCUT2D eigenvalue weighted by atomic mass is 10.1. The van der Waals surface area contributed by atoms with Gasteiger partial charge in [0, 0.05) is 54.8 Å². The average molecular weight is 435 g/mol. The van der Waals surface area contributed by atoms with Crippen LogP contribution in [0, 0.1) is 20.8 Å². The summed E-state index contributed by atoms with van der Waals surface area (Å²) in [4.78, 5) is 29.8. The molecular weight excluding hydrogens is 404 g/mol. The van der Waals surface area contributed by atoms with E-state index in [0.29, 0.717) is 44.1 Å². The quantitative estimate of drug-likeness (QED) is 0.555. The van der Waals surface area contributed by atoms with Crippen LogP contribution in [0.5, 0.6) is 0 Å². The first-order valence-electron chi connectivity index (χ1n) is 11.1. The molecule has 0 aliphatic carbocycles. The number of piperazine rings is 1. The molecule has 1 aliphatic rings. The standard InChI is InChI=1S/C25H30N4O3/c1-5-20-6-8-21(9-7-20)25(31)28-12-10-27(11-13-28)16-23(30)22-14-17(2)29(19(22)4)24-15-18(3)32-26-24/h6-9,14-15H,5,10-13,16H2,1-4H3. The number of hydrogen-bond donors (Lipinski definition) is 0. The van der Waals surface area contributed by atoms with Crippen LogP contribution < -0.4 is 0 Å². The highest BCUT2D eigenvalue weighted by atomic mass is 16.5. The van der Waals surface area contributed by atoms with E-state index >= 15 is 0 Å². The van der Waals surface area contributed by atoms with Gasteiger partial charge in [-0.1, -0.05) is 24.2 Å². The van der Waals surface area contributed by atoms with Gasteiger partial charge in [0.2, 0.25) is 0 Å². The first kappa shape index (κ1) is 22.0. The van der Waals surface area contributed by atoms with Crippen LogP contribution in [0.3, 0.4) is 0 Å². The minimum atomic E-state index is 0.0603. The van der Waals surface area contributed by atoms with Crippen molar-refractivity contribution >= 4 is 11.7 Å². The number of Topliss-reactive ketones (excluding diaryl/α,β-unsaturated/α-hetero) is 1. The van der Waals surface area contributed by atoms with E-state index in [1.165, 1.54) is 5.56 Å². The third-order valence-electron chi connectivity index (χ3n) is 6.21. The number of amides is 1. The van der Waals surface area contributed by atoms with E-state index in [-0.39, 0.29) is 11.7 Å². The first-order chi connectivity index (χ1) is 15.4. The second-order valence-electron chi connectivity index (χ2n) is 8.46. The van der Waals surface area contributed by atoms with Gasteiger partial charge in [-0.05, 0) is 51.0 Å². The molecule has 0 N–H and O–H groups in total. The molecular formula is C25H30N4O3.